The highest BCUT2D eigenvalue weighted by Crippen LogP contribution is 2.54. The van der Waals surface area contributed by atoms with E-state index in [2.05, 4.69) is 114 Å². The van der Waals surface area contributed by atoms with E-state index in [-0.39, 0.29) is 14.9 Å². The van der Waals surface area contributed by atoms with Crippen LogP contribution >= 0.6 is 47.0 Å². The molecule has 5 aliphatic heterocycles. The van der Waals surface area contributed by atoms with Crippen molar-refractivity contribution in [3.8, 4) is 0 Å². The minimum absolute atomic E-state index is 0. The Balaban J connectivity index is 0.000000144. The zero-order valence-electron chi connectivity index (χ0n) is 32.3. The first-order valence-corrected chi connectivity index (χ1v) is 23.4. The van der Waals surface area contributed by atoms with E-state index in [1.807, 2.05) is 23.5 Å². The molecule has 4 N–H and O–H groups in total. The molecular weight excluding hydrogens is 721 g/mol. The average molecular weight is 793 g/mol. The highest BCUT2D eigenvalue weighted by Gasteiger charge is 2.39. The quantitative estimate of drug-likeness (QED) is 0.191. The second-order valence-corrected chi connectivity index (χ2v) is 20.1. The zero-order valence-corrected chi connectivity index (χ0v) is 35.6. The van der Waals surface area contributed by atoms with Gasteiger partial charge in [-0.15, -0.1) is 47.0 Å². The Morgan fingerprint density at radius 3 is 1.02 bits per heavy atom. The molecule has 0 radical (unpaired) electrons. The molecule has 10 atom stereocenters. The number of nitrogens with one attached hydrogen (secondary N) is 4. The Bertz CT molecular complexity index is 1080. The monoisotopic (exact) mass is 792 g/mol. The molecule has 10 aliphatic rings. The summed E-state index contributed by atoms with van der Waals surface area (Å²) in [5.41, 5.74) is 5.75. The molecule has 6 nitrogen and oxygen atoms in total. The Kier molecular flexibility index (Phi) is 16.1. The lowest BCUT2D eigenvalue weighted by molar-refractivity contribution is 0.103. The molecule has 0 fully saturated rings. The van der Waals surface area contributed by atoms with E-state index >= 15 is 0 Å². The maximum Gasteiger partial charge on any atom is 0.119 e. The normalized spacial score (nSPS) is 36.6. The lowest BCUT2D eigenvalue weighted by atomic mass is 9.78. The summed E-state index contributed by atoms with van der Waals surface area (Å²) in [6, 6.07) is 0. The summed E-state index contributed by atoms with van der Waals surface area (Å²) in [5.74, 6) is 15.2. The minimum atomic E-state index is 0. The summed E-state index contributed by atoms with van der Waals surface area (Å²) in [4.78, 5) is 6.64. The SMILES string of the molecule is C.C.CC1C2=C(OCCN2)C1C.CC1C2=C(OCCN2)C1C.CC1C2=C(SCCN2)C1C.CC1C2=C(SCCN2)C1C.CC1C2=C(SCCS2)C1C. The number of hydrogen-bond acceptors (Lipinski definition) is 10. The topological polar surface area (TPSA) is 66.6 Å². The summed E-state index contributed by atoms with van der Waals surface area (Å²) >= 11 is 8.25. The molecule has 0 spiro atoms. The van der Waals surface area contributed by atoms with Gasteiger partial charge in [0, 0.05) is 106 Å². The van der Waals surface area contributed by atoms with Gasteiger partial charge < -0.3 is 30.7 Å². The fourth-order valence-electron chi connectivity index (χ4n) is 8.13. The van der Waals surface area contributed by atoms with Crippen LogP contribution in [0.4, 0.5) is 0 Å². The van der Waals surface area contributed by atoms with Crippen molar-refractivity contribution < 1.29 is 9.47 Å². The van der Waals surface area contributed by atoms with Gasteiger partial charge in [0.25, 0.3) is 0 Å². The Labute approximate surface area is 335 Å². The lowest BCUT2D eigenvalue weighted by Crippen LogP contribution is -2.41. The van der Waals surface area contributed by atoms with Crippen LogP contribution in [0.3, 0.4) is 0 Å². The van der Waals surface area contributed by atoms with Gasteiger partial charge >= 0.3 is 0 Å². The smallest absolute Gasteiger partial charge is 0.119 e. The third kappa shape index (κ3) is 8.65. The van der Waals surface area contributed by atoms with E-state index in [0.717, 1.165) is 61.8 Å². The van der Waals surface area contributed by atoms with Crippen molar-refractivity contribution in [2.75, 3.05) is 62.4 Å². The number of thioether (sulfide) groups is 4. The van der Waals surface area contributed by atoms with Crippen molar-refractivity contribution in [1.29, 1.82) is 0 Å². The first-order valence-electron chi connectivity index (χ1n) is 19.4. The molecule has 0 aromatic rings. The van der Waals surface area contributed by atoms with Crippen LogP contribution in [0.5, 0.6) is 0 Å². The van der Waals surface area contributed by atoms with Gasteiger partial charge in [0.2, 0.25) is 0 Å². The van der Waals surface area contributed by atoms with Crippen molar-refractivity contribution in [3.05, 3.63) is 53.9 Å². The van der Waals surface area contributed by atoms with Crippen LogP contribution in [0.1, 0.15) is 84.1 Å². The molecule has 0 aromatic heterocycles. The second-order valence-electron chi connectivity index (χ2n) is 15.5. The van der Waals surface area contributed by atoms with Gasteiger partial charge in [-0.25, -0.2) is 0 Å². The Morgan fingerprint density at radius 1 is 0.365 bits per heavy atom. The molecule has 52 heavy (non-hydrogen) atoms. The molecule has 10 unspecified atom stereocenters. The van der Waals surface area contributed by atoms with Crippen LogP contribution in [-0.4, -0.2) is 62.4 Å². The van der Waals surface area contributed by atoms with Crippen LogP contribution in [0, 0.1) is 59.2 Å². The molecule has 0 amide bonds. The van der Waals surface area contributed by atoms with Gasteiger partial charge in [-0.05, 0) is 33.5 Å². The van der Waals surface area contributed by atoms with Crippen molar-refractivity contribution >= 4 is 47.0 Å². The number of rotatable bonds is 0. The largest absolute Gasteiger partial charge is 0.494 e. The zero-order chi connectivity index (χ0) is 35.7. The first kappa shape index (κ1) is 43.6. The van der Waals surface area contributed by atoms with Crippen molar-refractivity contribution in [3.63, 3.8) is 0 Å². The molecule has 10 heteroatoms. The molecular formula is C42H72N4O2S4. The fourth-order valence-corrected chi connectivity index (χ4v) is 13.8. The number of hydrogen-bond donors (Lipinski definition) is 4. The predicted molar refractivity (Wildman–Crippen MR) is 234 cm³/mol. The van der Waals surface area contributed by atoms with Crippen molar-refractivity contribution in [2.45, 2.75) is 84.1 Å². The van der Waals surface area contributed by atoms with Crippen molar-refractivity contribution in [1.82, 2.24) is 21.3 Å². The van der Waals surface area contributed by atoms with E-state index in [1.54, 1.807) is 19.6 Å². The van der Waals surface area contributed by atoms with Crippen LogP contribution in [0.2, 0.25) is 0 Å². The van der Waals surface area contributed by atoms with Gasteiger partial charge in [-0.3, -0.25) is 0 Å². The highest BCUT2D eigenvalue weighted by molar-refractivity contribution is 8.10. The standard InChI is InChI=1S/2C8H13NO.2C8H13NS.C8H12S2.2CH4/c5*1-5-6(2)8-7(5)9-3-4-10-8;;/h4*5-6,9H,3-4H2,1-2H3;5-6H,3-4H2,1-2H3;2*1H4. The average Bonchev–Trinajstić information content (AvgIpc) is 3.20. The van der Waals surface area contributed by atoms with Gasteiger partial charge in [-0.1, -0.05) is 84.1 Å². The molecule has 5 heterocycles. The maximum atomic E-state index is 5.48. The van der Waals surface area contributed by atoms with Gasteiger partial charge in [0.1, 0.15) is 24.7 Å². The van der Waals surface area contributed by atoms with E-state index < -0.39 is 0 Å². The highest BCUT2D eigenvalue weighted by atomic mass is 32.2. The summed E-state index contributed by atoms with van der Waals surface area (Å²) in [5, 5.41) is 13.6. The van der Waals surface area contributed by atoms with Gasteiger partial charge in [-0.2, -0.15) is 0 Å². The number of ether oxygens (including phenoxy) is 2. The first-order chi connectivity index (χ1) is 24.0. The molecule has 10 rings (SSSR count). The fraction of sp³-hybridized carbons (Fsp3) is 0.762. The van der Waals surface area contributed by atoms with E-state index in [9.17, 15) is 0 Å². The minimum Gasteiger partial charge on any atom is -0.494 e. The molecule has 5 aliphatic carbocycles. The third-order valence-electron chi connectivity index (χ3n) is 12.7. The van der Waals surface area contributed by atoms with Crippen molar-refractivity contribution in [2.24, 2.45) is 59.2 Å². The summed E-state index contributed by atoms with van der Waals surface area (Å²) in [6.07, 6.45) is 0. The van der Waals surface area contributed by atoms with E-state index in [4.69, 9.17) is 9.47 Å². The van der Waals surface area contributed by atoms with Crippen LogP contribution in [0.15, 0.2) is 53.9 Å². The maximum absolute atomic E-state index is 5.48. The third-order valence-corrected chi connectivity index (χ3v) is 18.3. The molecule has 296 valence electrons. The summed E-state index contributed by atoms with van der Waals surface area (Å²) in [7, 11) is 0. The molecule has 0 saturated carbocycles. The second kappa shape index (κ2) is 19.2. The summed E-state index contributed by atoms with van der Waals surface area (Å²) in [6.45, 7) is 28.9. The lowest BCUT2D eigenvalue weighted by Gasteiger charge is -2.40. The van der Waals surface area contributed by atoms with Gasteiger partial charge in [0.05, 0.1) is 11.4 Å². The molecule has 0 bridgehead atoms. The van der Waals surface area contributed by atoms with Crippen LogP contribution in [-0.2, 0) is 9.47 Å². The van der Waals surface area contributed by atoms with Crippen LogP contribution < -0.4 is 21.3 Å². The predicted octanol–water partition coefficient (Wildman–Crippen LogP) is 10.1. The van der Waals surface area contributed by atoms with Crippen LogP contribution in [0.25, 0.3) is 0 Å². The van der Waals surface area contributed by atoms with E-state index in [1.165, 1.54) is 70.4 Å². The summed E-state index contributed by atoms with van der Waals surface area (Å²) < 4.78 is 11.0. The molecule has 0 saturated heterocycles. The Hall–Kier alpha value is -1.10. The molecule has 0 aromatic carbocycles. The number of allylic oxidation sites excluding steroid dienone is 10. The Morgan fingerprint density at radius 2 is 0.673 bits per heavy atom. The van der Waals surface area contributed by atoms with Gasteiger partial charge in [0.15, 0.2) is 0 Å². The van der Waals surface area contributed by atoms with E-state index in [0.29, 0.717) is 23.7 Å².